The summed E-state index contributed by atoms with van der Waals surface area (Å²) in [6.45, 7) is 17.4. The number of hydrogen-bond acceptors (Lipinski definition) is 2. The van der Waals surface area contributed by atoms with Crippen molar-refractivity contribution < 1.29 is 0 Å². The molecule has 0 aromatic carbocycles. The minimum absolute atomic E-state index is 1.32. The van der Waals surface area contributed by atoms with Crippen molar-refractivity contribution >= 4 is 0 Å². The highest BCUT2D eigenvalue weighted by atomic mass is 15.2. The van der Waals surface area contributed by atoms with E-state index in [4.69, 9.17) is 0 Å². The van der Waals surface area contributed by atoms with Gasteiger partial charge in [-0.2, -0.15) is 0 Å². The van der Waals surface area contributed by atoms with Gasteiger partial charge in [-0.05, 0) is 51.9 Å². The molecule has 0 rings (SSSR count). The third kappa shape index (κ3) is 86.3. The van der Waals surface area contributed by atoms with Crippen molar-refractivity contribution in [1.82, 2.24) is 9.80 Å². The van der Waals surface area contributed by atoms with E-state index in [9.17, 15) is 0 Å². The summed E-state index contributed by atoms with van der Waals surface area (Å²) in [6.07, 6.45) is 124. The van der Waals surface area contributed by atoms with E-state index in [0.717, 1.165) is 0 Å². The van der Waals surface area contributed by atoms with E-state index >= 15 is 0 Å². The molecule has 0 heterocycles. The first-order chi connectivity index (χ1) is 47.8. The topological polar surface area (TPSA) is 6.48 Å². The van der Waals surface area contributed by atoms with Gasteiger partial charge < -0.3 is 9.80 Å². The molecule has 0 bridgehead atoms. The van der Waals surface area contributed by atoms with Gasteiger partial charge in [-0.3, -0.25) is 0 Å². The second kappa shape index (κ2) is 91.0. The molecule has 2 nitrogen and oxygen atoms in total. The van der Waals surface area contributed by atoms with Crippen LogP contribution in [-0.2, 0) is 0 Å². The minimum Gasteiger partial charge on any atom is -0.302 e. The fourth-order valence-corrected chi connectivity index (χ4v) is 16.0. The molecule has 96 heavy (non-hydrogen) atoms. The average Bonchev–Trinajstić information content (AvgIpc) is 3.58. The number of unbranched alkanes of at least 4 members (excludes halogenated alkanes) is 80. The maximum Gasteiger partial charge on any atom is 0.0109 e. The second-order valence-electron chi connectivity index (χ2n) is 33.0. The Kier molecular flexibility index (Phi) is 90.9. The Bertz CT molecular complexity index is 1090. The van der Waals surface area contributed by atoms with Crippen LogP contribution in [0, 0.1) is 0 Å². The lowest BCUT2D eigenvalue weighted by molar-refractivity contribution is 0.192. The lowest BCUT2D eigenvalue weighted by atomic mass is 10.0. The molecule has 0 aliphatic rings. The molecule has 578 valence electrons. The Balaban J connectivity index is 4.90. The fraction of sp³-hybridized carbons (Fsp3) is 1.00. The summed E-state index contributed by atoms with van der Waals surface area (Å²) in [5.41, 5.74) is 0. The summed E-state index contributed by atoms with van der Waals surface area (Å²) in [6, 6.07) is 0. The Labute approximate surface area is 612 Å². The Hall–Kier alpha value is -0.0800. The van der Waals surface area contributed by atoms with Crippen LogP contribution in [0.4, 0.5) is 0 Å². The maximum absolute atomic E-state index is 2.97. The Morgan fingerprint density at radius 1 is 0.0833 bits per heavy atom. The van der Waals surface area contributed by atoms with E-state index in [1.165, 1.54) is 579 Å². The zero-order valence-electron chi connectivity index (χ0n) is 68.5. The van der Waals surface area contributed by atoms with Gasteiger partial charge in [0.15, 0.2) is 0 Å². The molecule has 0 aromatic rings. The number of nitrogens with zero attached hydrogens (tertiary/aromatic N) is 2. The summed E-state index contributed by atoms with van der Waals surface area (Å²) < 4.78 is 0. The predicted octanol–water partition coefficient (Wildman–Crippen LogP) is 34.4. The first-order valence-electron chi connectivity index (χ1n) is 47.2. The smallest absolute Gasteiger partial charge is 0.0109 e. The van der Waals surface area contributed by atoms with Crippen LogP contribution < -0.4 is 0 Å². The largest absolute Gasteiger partial charge is 0.302 e. The van der Waals surface area contributed by atoms with Crippen molar-refractivity contribution in [3.63, 3.8) is 0 Å². The zero-order chi connectivity index (χ0) is 68.8. The van der Waals surface area contributed by atoms with E-state index in [1.807, 2.05) is 0 Å². The highest BCUT2D eigenvalue weighted by molar-refractivity contribution is 4.67. The molecule has 2 heteroatoms. The summed E-state index contributed by atoms with van der Waals surface area (Å²) in [7, 11) is 0. The predicted molar refractivity (Wildman–Crippen MR) is 443 cm³/mol. The van der Waals surface area contributed by atoms with Gasteiger partial charge in [0.1, 0.15) is 0 Å². The van der Waals surface area contributed by atoms with Crippen LogP contribution in [0.2, 0.25) is 0 Å². The molecule has 0 fully saturated rings. The highest BCUT2D eigenvalue weighted by Crippen LogP contribution is 2.22. The first kappa shape index (κ1) is 95.9. The van der Waals surface area contributed by atoms with Crippen molar-refractivity contribution in [3.8, 4) is 0 Å². The van der Waals surface area contributed by atoms with Gasteiger partial charge in [0.2, 0.25) is 0 Å². The molecule has 0 N–H and O–H groups in total. The number of rotatable bonds is 91. The highest BCUT2D eigenvalue weighted by Gasteiger charge is 2.11. The quantitative estimate of drug-likeness (QED) is 0.0560. The van der Waals surface area contributed by atoms with Crippen LogP contribution in [0.15, 0.2) is 0 Å². The van der Waals surface area contributed by atoms with Crippen molar-refractivity contribution in [2.75, 3.05) is 39.3 Å². The Morgan fingerprint density at radius 2 is 0.156 bits per heavy atom. The molecular weight excluding hydrogens is 1160 g/mol. The molecule has 0 spiro atoms. The lowest BCUT2D eigenvalue weighted by Gasteiger charge is -2.28. The molecule has 0 aliphatic heterocycles. The SMILES string of the molecule is CCCCCCCCCCCCCCCCCCCCCCCN(CCCCCCCCCCCCCCCCCCCCCCC)CCN(CCCCCCCCCCCCCCCCCCCCCCC)CCCCCCCCCCCCCCCCCCCCCCC. The molecule has 0 amide bonds. The average molecular weight is 1350 g/mol. The third-order valence-electron chi connectivity index (χ3n) is 23.0. The third-order valence-corrected chi connectivity index (χ3v) is 23.0. The Morgan fingerprint density at radius 3 is 0.240 bits per heavy atom. The van der Waals surface area contributed by atoms with E-state index in [1.54, 1.807) is 0 Å². The van der Waals surface area contributed by atoms with Gasteiger partial charge in [0, 0.05) is 13.1 Å². The van der Waals surface area contributed by atoms with Gasteiger partial charge in [-0.15, -0.1) is 0 Å². The van der Waals surface area contributed by atoms with E-state index in [0.29, 0.717) is 0 Å². The van der Waals surface area contributed by atoms with Gasteiger partial charge in [0.05, 0.1) is 0 Å². The van der Waals surface area contributed by atoms with Crippen molar-refractivity contribution in [1.29, 1.82) is 0 Å². The maximum atomic E-state index is 2.97. The molecule has 0 aromatic heterocycles. The summed E-state index contributed by atoms with van der Waals surface area (Å²) in [5.74, 6) is 0. The molecular formula is C94H192N2. The summed E-state index contributed by atoms with van der Waals surface area (Å²) in [5, 5.41) is 0. The van der Waals surface area contributed by atoms with Crippen LogP contribution in [0.25, 0.3) is 0 Å². The van der Waals surface area contributed by atoms with E-state index < -0.39 is 0 Å². The normalized spacial score (nSPS) is 11.9. The minimum atomic E-state index is 1.32. The van der Waals surface area contributed by atoms with Gasteiger partial charge in [-0.25, -0.2) is 0 Å². The molecule has 0 unspecified atom stereocenters. The van der Waals surface area contributed by atoms with Gasteiger partial charge in [-0.1, -0.05) is 541 Å². The first-order valence-corrected chi connectivity index (χ1v) is 47.2. The molecule has 0 saturated heterocycles. The van der Waals surface area contributed by atoms with Gasteiger partial charge in [0.25, 0.3) is 0 Å². The monoisotopic (exact) mass is 1350 g/mol. The van der Waals surface area contributed by atoms with Crippen molar-refractivity contribution in [2.45, 2.75) is 567 Å². The van der Waals surface area contributed by atoms with E-state index in [-0.39, 0.29) is 0 Å². The fourth-order valence-electron chi connectivity index (χ4n) is 16.0. The second-order valence-corrected chi connectivity index (χ2v) is 33.0. The summed E-state index contributed by atoms with van der Waals surface area (Å²) >= 11 is 0. The van der Waals surface area contributed by atoms with E-state index in [2.05, 4.69) is 37.5 Å². The van der Waals surface area contributed by atoms with Crippen LogP contribution >= 0.6 is 0 Å². The summed E-state index contributed by atoms with van der Waals surface area (Å²) in [4.78, 5) is 5.93. The molecule has 0 atom stereocenters. The zero-order valence-corrected chi connectivity index (χ0v) is 68.5. The van der Waals surface area contributed by atoms with Crippen molar-refractivity contribution in [2.24, 2.45) is 0 Å². The number of hydrogen-bond donors (Lipinski definition) is 0. The lowest BCUT2D eigenvalue weighted by Crippen LogP contribution is -2.37. The molecule has 0 aliphatic carbocycles. The van der Waals surface area contributed by atoms with Crippen LogP contribution in [0.1, 0.15) is 567 Å². The standard InChI is InChI=1S/C94H192N2/c1-5-9-13-17-21-25-29-33-37-41-45-49-53-57-61-65-69-73-77-81-85-89-95(90-86-82-78-74-70-66-62-58-54-50-46-42-38-34-30-26-22-18-14-10-6-2)93-94-96(91-87-83-79-75-71-67-63-59-55-51-47-43-39-35-31-27-23-19-15-11-7-3)92-88-84-80-76-72-68-64-60-56-52-48-44-40-36-32-28-24-20-16-12-8-4/h5-94H2,1-4H3. The van der Waals surface area contributed by atoms with Crippen LogP contribution in [0.5, 0.6) is 0 Å². The van der Waals surface area contributed by atoms with Gasteiger partial charge >= 0.3 is 0 Å². The molecule has 0 saturated carbocycles. The van der Waals surface area contributed by atoms with Crippen LogP contribution in [-0.4, -0.2) is 49.1 Å². The van der Waals surface area contributed by atoms with Crippen LogP contribution in [0.3, 0.4) is 0 Å². The molecule has 0 radical (unpaired) electrons. The van der Waals surface area contributed by atoms with Crippen molar-refractivity contribution in [3.05, 3.63) is 0 Å².